The van der Waals surface area contributed by atoms with E-state index in [1.54, 1.807) is 0 Å². The molecular formula is C12H21N5OS. The van der Waals surface area contributed by atoms with Gasteiger partial charge in [-0.05, 0) is 37.7 Å². The maximum Gasteiger partial charge on any atom is 0.317 e. The molecule has 1 fully saturated rings. The molecule has 1 saturated heterocycles. The third-order valence-electron chi connectivity index (χ3n) is 3.25. The average molecular weight is 283 g/mol. The maximum atomic E-state index is 12.1. The van der Waals surface area contributed by atoms with Crippen molar-refractivity contribution in [3.05, 3.63) is 11.6 Å². The van der Waals surface area contributed by atoms with Gasteiger partial charge in [-0.15, -0.1) is 0 Å². The highest BCUT2D eigenvalue weighted by atomic mass is 32.2. The van der Waals surface area contributed by atoms with Crippen molar-refractivity contribution in [3.8, 4) is 0 Å². The molecule has 0 bridgehead atoms. The molecule has 7 heteroatoms. The van der Waals surface area contributed by atoms with E-state index in [-0.39, 0.29) is 6.03 Å². The highest BCUT2D eigenvalue weighted by molar-refractivity contribution is 7.98. The van der Waals surface area contributed by atoms with Crippen molar-refractivity contribution >= 4 is 17.8 Å². The Bertz CT molecular complexity index is 420. The summed E-state index contributed by atoms with van der Waals surface area (Å²) < 4.78 is 0. The smallest absolute Gasteiger partial charge is 0.317 e. The number of aromatic amines is 1. The first-order valence-corrected chi connectivity index (χ1v) is 7.98. The van der Waals surface area contributed by atoms with Gasteiger partial charge in [0.1, 0.15) is 5.82 Å². The van der Waals surface area contributed by atoms with E-state index in [2.05, 4.69) is 26.8 Å². The number of nitrogens with one attached hydrogen (secondary N) is 2. The van der Waals surface area contributed by atoms with Gasteiger partial charge < -0.3 is 10.2 Å². The van der Waals surface area contributed by atoms with Crippen LogP contribution >= 0.6 is 11.8 Å². The van der Waals surface area contributed by atoms with E-state index in [1.807, 2.05) is 23.6 Å². The molecule has 1 aromatic rings. The van der Waals surface area contributed by atoms with Crippen molar-refractivity contribution in [3.63, 3.8) is 0 Å². The number of nitrogens with zero attached hydrogens (tertiary/aromatic N) is 3. The van der Waals surface area contributed by atoms with E-state index < -0.39 is 0 Å². The highest BCUT2D eigenvalue weighted by Crippen LogP contribution is 2.19. The number of hydrogen-bond acceptors (Lipinski definition) is 4. The molecule has 1 aliphatic heterocycles. The van der Waals surface area contributed by atoms with Crippen molar-refractivity contribution < 1.29 is 4.79 Å². The Kier molecular flexibility index (Phi) is 5.07. The predicted molar refractivity (Wildman–Crippen MR) is 76.0 cm³/mol. The second-order valence-electron chi connectivity index (χ2n) is 4.91. The van der Waals surface area contributed by atoms with Crippen LogP contribution in [0.5, 0.6) is 0 Å². The molecule has 2 N–H and O–H groups in total. The molecule has 106 valence electrons. The lowest BCUT2D eigenvalue weighted by molar-refractivity contribution is 0.170. The van der Waals surface area contributed by atoms with E-state index in [0.29, 0.717) is 18.3 Å². The third-order valence-corrected chi connectivity index (χ3v) is 4.05. The molecule has 1 aliphatic rings. The summed E-state index contributed by atoms with van der Waals surface area (Å²) in [5.41, 5.74) is 0. The fourth-order valence-electron chi connectivity index (χ4n) is 2.36. The van der Waals surface area contributed by atoms with Crippen LogP contribution in [0.3, 0.4) is 0 Å². The van der Waals surface area contributed by atoms with Crippen LogP contribution in [-0.2, 0) is 6.54 Å². The molecule has 2 rings (SSSR count). The van der Waals surface area contributed by atoms with Gasteiger partial charge in [-0.1, -0.05) is 0 Å². The second-order valence-corrected chi connectivity index (χ2v) is 5.82. The molecule has 1 atom stereocenters. The first-order valence-electron chi connectivity index (χ1n) is 6.58. The number of aryl methyl sites for hydroxylation is 1. The first kappa shape index (κ1) is 14.2. The minimum atomic E-state index is -0.00624. The summed E-state index contributed by atoms with van der Waals surface area (Å²) in [7, 11) is 0. The first-order chi connectivity index (χ1) is 9.19. The fourth-order valence-corrected chi connectivity index (χ4v) is 3.10. The zero-order valence-electron chi connectivity index (χ0n) is 11.5. The zero-order chi connectivity index (χ0) is 13.7. The van der Waals surface area contributed by atoms with Gasteiger partial charge in [-0.2, -0.15) is 16.9 Å². The Morgan fingerprint density at radius 1 is 1.63 bits per heavy atom. The van der Waals surface area contributed by atoms with Gasteiger partial charge in [0.2, 0.25) is 0 Å². The Labute approximate surface area is 117 Å². The zero-order valence-corrected chi connectivity index (χ0v) is 12.3. The Morgan fingerprint density at radius 3 is 3.16 bits per heavy atom. The summed E-state index contributed by atoms with van der Waals surface area (Å²) in [6, 6.07) is -0.00624. The van der Waals surface area contributed by atoms with Crippen molar-refractivity contribution in [2.24, 2.45) is 5.92 Å². The molecule has 0 radical (unpaired) electrons. The number of carbonyl (C=O) groups is 1. The fraction of sp³-hybridized carbons (Fsp3) is 0.750. The molecule has 0 aliphatic carbocycles. The van der Waals surface area contributed by atoms with Crippen molar-refractivity contribution in [1.29, 1.82) is 0 Å². The van der Waals surface area contributed by atoms with Crippen LogP contribution in [0.4, 0.5) is 4.79 Å². The van der Waals surface area contributed by atoms with Gasteiger partial charge in [-0.25, -0.2) is 9.78 Å². The largest absolute Gasteiger partial charge is 0.331 e. The topological polar surface area (TPSA) is 73.9 Å². The molecule has 0 spiro atoms. The van der Waals surface area contributed by atoms with Crippen LogP contribution in [0, 0.1) is 12.8 Å². The number of urea groups is 1. The summed E-state index contributed by atoms with van der Waals surface area (Å²) >= 11 is 1.85. The van der Waals surface area contributed by atoms with Gasteiger partial charge in [0, 0.05) is 13.1 Å². The molecular weight excluding hydrogens is 262 g/mol. The Hall–Kier alpha value is -1.24. The van der Waals surface area contributed by atoms with Crippen LogP contribution in [-0.4, -0.2) is 51.2 Å². The van der Waals surface area contributed by atoms with Crippen molar-refractivity contribution in [2.75, 3.05) is 25.1 Å². The SMILES string of the molecule is CSCC1CCCN(C(=O)NCc2n[nH]c(C)n2)C1. The monoisotopic (exact) mass is 283 g/mol. The van der Waals surface area contributed by atoms with Gasteiger partial charge >= 0.3 is 6.03 Å². The molecule has 6 nitrogen and oxygen atoms in total. The van der Waals surface area contributed by atoms with Crippen LogP contribution in [0.25, 0.3) is 0 Å². The summed E-state index contributed by atoms with van der Waals surface area (Å²) in [6.07, 6.45) is 4.44. The summed E-state index contributed by atoms with van der Waals surface area (Å²) in [4.78, 5) is 18.1. The summed E-state index contributed by atoms with van der Waals surface area (Å²) in [6.45, 7) is 3.94. The number of thioether (sulfide) groups is 1. The van der Waals surface area contributed by atoms with E-state index in [9.17, 15) is 4.79 Å². The lowest BCUT2D eigenvalue weighted by Gasteiger charge is -2.32. The van der Waals surface area contributed by atoms with E-state index >= 15 is 0 Å². The van der Waals surface area contributed by atoms with Gasteiger partial charge in [0.15, 0.2) is 5.82 Å². The minimum Gasteiger partial charge on any atom is -0.331 e. The van der Waals surface area contributed by atoms with Gasteiger partial charge in [-0.3, -0.25) is 5.10 Å². The standard InChI is InChI=1S/C12H21N5OS/c1-9-14-11(16-15-9)6-13-12(18)17-5-3-4-10(7-17)8-19-2/h10H,3-8H2,1-2H3,(H,13,18)(H,14,15,16). The van der Waals surface area contributed by atoms with E-state index in [4.69, 9.17) is 0 Å². The highest BCUT2D eigenvalue weighted by Gasteiger charge is 2.23. The van der Waals surface area contributed by atoms with Crippen LogP contribution in [0.1, 0.15) is 24.5 Å². The van der Waals surface area contributed by atoms with Gasteiger partial charge in [0.25, 0.3) is 0 Å². The lowest BCUT2D eigenvalue weighted by Crippen LogP contribution is -2.45. The average Bonchev–Trinajstić information content (AvgIpc) is 2.82. The number of likely N-dealkylation sites (tertiary alicyclic amines) is 1. The van der Waals surface area contributed by atoms with Gasteiger partial charge in [0.05, 0.1) is 6.54 Å². The van der Waals surface area contributed by atoms with Crippen molar-refractivity contribution in [2.45, 2.75) is 26.3 Å². The second kappa shape index (κ2) is 6.79. The lowest BCUT2D eigenvalue weighted by atomic mass is 10.0. The minimum absolute atomic E-state index is 0.00624. The maximum absolute atomic E-state index is 12.1. The number of H-pyrrole nitrogens is 1. The number of piperidine rings is 1. The van der Waals surface area contributed by atoms with Crippen LogP contribution in [0.15, 0.2) is 0 Å². The number of carbonyl (C=O) groups excluding carboxylic acids is 1. The molecule has 19 heavy (non-hydrogen) atoms. The van der Waals surface area contributed by atoms with E-state index in [0.717, 1.165) is 31.1 Å². The van der Waals surface area contributed by atoms with Crippen LogP contribution in [0.2, 0.25) is 0 Å². The number of aromatic nitrogens is 3. The van der Waals surface area contributed by atoms with Crippen LogP contribution < -0.4 is 5.32 Å². The molecule has 0 aromatic carbocycles. The normalized spacial score (nSPS) is 19.5. The van der Waals surface area contributed by atoms with E-state index in [1.165, 1.54) is 6.42 Å². The number of amides is 2. The molecule has 1 aromatic heterocycles. The third kappa shape index (κ3) is 4.12. The molecule has 1 unspecified atom stereocenters. The Morgan fingerprint density at radius 2 is 2.47 bits per heavy atom. The number of rotatable bonds is 4. The molecule has 2 heterocycles. The quantitative estimate of drug-likeness (QED) is 0.876. The summed E-state index contributed by atoms with van der Waals surface area (Å²) in [5, 5.41) is 9.65. The summed E-state index contributed by atoms with van der Waals surface area (Å²) in [5.74, 6) is 3.15. The molecule has 2 amide bonds. The predicted octanol–water partition coefficient (Wildman–Crippen LogP) is 1.40. The molecule has 0 saturated carbocycles. The van der Waals surface area contributed by atoms with Crippen molar-refractivity contribution in [1.82, 2.24) is 25.4 Å². The number of hydrogen-bond donors (Lipinski definition) is 2. The Balaban J connectivity index is 1.79.